The lowest BCUT2D eigenvalue weighted by molar-refractivity contribution is 0.173. The lowest BCUT2D eigenvalue weighted by atomic mass is 10.1. The van der Waals surface area contributed by atoms with E-state index < -0.39 is 0 Å². The zero-order valence-corrected chi connectivity index (χ0v) is 12.5. The summed E-state index contributed by atoms with van der Waals surface area (Å²) in [5, 5.41) is 1.39. The Labute approximate surface area is 121 Å². The Bertz CT molecular complexity index is 569. The van der Waals surface area contributed by atoms with Crippen molar-refractivity contribution in [2.75, 3.05) is 26.8 Å². The summed E-state index contributed by atoms with van der Waals surface area (Å²) in [6.07, 6.45) is 3.40. The van der Waals surface area contributed by atoms with E-state index in [-0.39, 0.29) is 0 Å². The van der Waals surface area contributed by atoms with Crippen LogP contribution in [0, 0.1) is 5.92 Å². The second kappa shape index (κ2) is 5.98. The molecule has 3 rings (SSSR count). The molecule has 0 bridgehead atoms. The highest BCUT2D eigenvalue weighted by Gasteiger charge is 2.17. The first-order chi connectivity index (χ1) is 9.78. The van der Waals surface area contributed by atoms with Gasteiger partial charge in [-0.3, -0.25) is 0 Å². The van der Waals surface area contributed by atoms with Gasteiger partial charge in [-0.2, -0.15) is 0 Å². The zero-order valence-electron chi connectivity index (χ0n) is 12.5. The maximum absolute atomic E-state index is 5.47. The Morgan fingerprint density at radius 2 is 2.25 bits per heavy atom. The fraction of sp³-hybridized carbons (Fsp3) is 0.529. The minimum atomic E-state index is 0.708. The van der Waals surface area contributed by atoms with Crippen molar-refractivity contribution in [2.45, 2.75) is 26.4 Å². The molecule has 0 aliphatic carbocycles. The highest BCUT2D eigenvalue weighted by Crippen LogP contribution is 2.22. The van der Waals surface area contributed by atoms with Crippen molar-refractivity contribution in [1.82, 2.24) is 9.47 Å². The molecule has 1 fully saturated rings. The number of fused-ring (bicyclic) bond motifs is 1. The number of rotatable bonds is 5. The van der Waals surface area contributed by atoms with Crippen molar-refractivity contribution in [2.24, 2.45) is 5.92 Å². The van der Waals surface area contributed by atoms with Crippen LogP contribution in [0.15, 0.2) is 30.5 Å². The molecule has 1 unspecified atom stereocenters. The summed E-state index contributed by atoms with van der Waals surface area (Å²) in [6.45, 7) is 7.24. The van der Waals surface area contributed by atoms with Crippen LogP contribution in [0.25, 0.3) is 10.9 Å². The molecule has 0 radical (unpaired) electrons. The Morgan fingerprint density at radius 1 is 1.35 bits per heavy atom. The summed E-state index contributed by atoms with van der Waals surface area (Å²) in [7, 11) is 2.22. The first-order valence-corrected chi connectivity index (χ1v) is 7.61. The van der Waals surface area contributed by atoms with Gasteiger partial charge in [0.1, 0.15) is 0 Å². The van der Waals surface area contributed by atoms with E-state index in [9.17, 15) is 0 Å². The quantitative estimate of drug-likeness (QED) is 0.832. The van der Waals surface area contributed by atoms with E-state index >= 15 is 0 Å². The topological polar surface area (TPSA) is 17.4 Å². The van der Waals surface area contributed by atoms with Gasteiger partial charge in [0.15, 0.2) is 0 Å². The molecule has 0 amide bonds. The second-order valence-electron chi connectivity index (χ2n) is 5.88. The Hall–Kier alpha value is -1.32. The van der Waals surface area contributed by atoms with E-state index in [0.717, 1.165) is 32.8 Å². The first kappa shape index (κ1) is 13.7. The number of hydrogen-bond acceptors (Lipinski definition) is 2. The van der Waals surface area contributed by atoms with Crippen LogP contribution in [0.5, 0.6) is 0 Å². The maximum Gasteiger partial charge on any atom is 0.0507 e. The second-order valence-corrected chi connectivity index (χ2v) is 5.88. The van der Waals surface area contributed by atoms with Crippen LogP contribution in [0.2, 0.25) is 0 Å². The van der Waals surface area contributed by atoms with Crippen molar-refractivity contribution < 1.29 is 4.74 Å². The normalized spacial score (nSPS) is 19.2. The number of ether oxygens (including phenoxy) is 1. The molecule has 3 nitrogen and oxygen atoms in total. The van der Waals surface area contributed by atoms with Crippen LogP contribution in [0.1, 0.15) is 18.9 Å². The number of nitrogens with zero attached hydrogens (tertiary/aromatic N) is 2. The van der Waals surface area contributed by atoms with Gasteiger partial charge >= 0.3 is 0 Å². The molecular weight excluding hydrogens is 248 g/mol. The first-order valence-electron chi connectivity index (χ1n) is 7.61. The maximum atomic E-state index is 5.47. The molecule has 0 saturated carbocycles. The average Bonchev–Trinajstić information content (AvgIpc) is 3.07. The van der Waals surface area contributed by atoms with E-state index in [0.29, 0.717) is 5.92 Å². The predicted molar refractivity (Wildman–Crippen MR) is 82.9 cm³/mol. The summed E-state index contributed by atoms with van der Waals surface area (Å²) in [6, 6.07) is 8.90. The van der Waals surface area contributed by atoms with Crippen LogP contribution in [0.4, 0.5) is 0 Å². The standard InChI is InChI=1S/C17H24N2O/c1-3-19-9-7-16-15(5-4-6-17(16)19)12-18(2)11-14-8-10-20-13-14/h4-7,9,14H,3,8,10-13H2,1-2H3. The summed E-state index contributed by atoms with van der Waals surface area (Å²) < 4.78 is 7.78. The third kappa shape index (κ3) is 2.74. The summed E-state index contributed by atoms with van der Waals surface area (Å²) in [5.74, 6) is 0.708. The largest absolute Gasteiger partial charge is 0.381 e. The molecule has 1 atom stereocenters. The molecule has 3 heteroatoms. The van der Waals surface area contributed by atoms with Gasteiger partial charge in [-0.05, 0) is 44.0 Å². The average molecular weight is 272 g/mol. The number of benzene rings is 1. The third-order valence-electron chi connectivity index (χ3n) is 4.28. The van der Waals surface area contributed by atoms with Gasteiger partial charge < -0.3 is 14.2 Å². The molecule has 1 saturated heterocycles. The van der Waals surface area contributed by atoms with Gasteiger partial charge in [-0.15, -0.1) is 0 Å². The molecule has 1 aliphatic rings. The monoisotopic (exact) mass is 272 g/mol. The molecule has 1 aliphatic heterocycles. The number of aryl methyl sites for hydroxylation is 1. The van der Waals surface area contributed by atoms with Crippen molar-refractivity contribution in [3.63, 3.8) is 0 Å². The van der Waals surface area contributed by atoms with E-state index in [2.05, 4.69) is 53.9 Å². The van der Waals surface area contributed by atoms with E-state index in [4.69, 9.17) is 4.74 Å². The number of aromatic nitrogens is 1. The molecule has 108 valence electrons. The molecule has 0 N–H and O–H groups in total. The third-order valence-corrected chi connectivity index (χ3v) is 4.28. The predicted octanol–water partition coefficient (Wildman–Crippen LogP) is 3.13. The van der Waals surface area contributed by atoms with Crippen LogP contribution < -0.4 is 0 Å². The van der Waals surface area contributed by atoms with Crippen LogP contribution in [0.3, 0.4) is 0 Å². The van der Waals surface area contributed by atoms with Crippen molar-refractivity contribution >= 4 is 10.9 Å². The van der Waals surface area contributed by atoms with Crippen LogP contribution >= 0.6 is 0 Å². The zero-order chi connectivity index (χ0) is 13.9. The lowest BCUT2D eigenvalue weighted by Gasteiger charge is -2.20. The number of hydrogen-bond donors (Lipinski definition) is 0. The fourth-order valence-corrected chi connectivity index (χ4v) is 3.22. The molecule has 0 spiro atoms. The van der Waals surface area contributed by atoms with E-state index in [1.165, 1.54) is 22.9 Å². The molecule has 1 aromatic carbocycles. The van der Waals surface area contributed by atoms with E-state index in [1.807, 2.05) is 0 Å². The highest BCUT2D eigenvalue weighted by molar-refractivity contribution is 5.83. The molecule has 2 heterocycles. The Morgan fingerprint density at radius 3 is 3.00 bits per heavy atom. The van der Waals surface area contributed by atoms with Gasteiger partial charge in [0.05, 0.1) is 6.61 Å². The highest BCUT2D eigenvalue weighted by atomic mass is 16.5. The Balaban J connectivity index is 1.74. The summed E-state index contributed by atoms with van der Waals surface area (Å²) in [4.78, 5) is 2.43. The molecule has 1 aromatic heterocycles. The van der Waals surface area contributed by atoms with Crippen LogP contribution in [-0.4, -0.2) is 36.3 Å². The molecular formula is C17H24N2O. The molecule has 2 aromatic rings. The fourth-order valence-electron chi connectivity index (χ4n) is 3.22. The lowest BCUT2D eigenvalue weighted by Crippen LogP contribution is -2.25. The SMILES string of the molecule is CCn1ccc2c(CN(C)CC3CCOC3)cccc21. The molecule has 20 heavy (non-hydrogen) atoms. The summed E-state index contributed by atoms with van der Waals surface area (Å²) in [5.41, 5.74) is 2.78. The van der Waals surface area contributed by atoms with Crippen LogP contribution in [-0.2, 0) is 17.8 Å². The van der Waals surface area contributed by atoms with E-state index in [1.54, 1.807) is 0 Å². The van der Waals surface area contributed by atoms with Gasteiger partial charge in [0.25, 0.3) is 0 Å². The Kier molecular flexibility index (Phi) is 4.08. The van der Waals surface area contributed by atoms with Gasteiger partial charge in [-0.25, -0.2) is 0 Å². The van der Waals surface area contributed by atoms with Gasteiger partial charge in [-0.1, -0.05) is 12.1 Å². The minimum Gasteiger partial charge on any atom is -0.381 e. The van der Waals surface area contributed by atoms with Gasteiger partial charge in [0, 0.05) is 43.3 Å². The van der Waals surface area contributed by atoms with Crippen molar-refractivity contribution in [3.05, 3.63) is 36.0 Å². The minimum absolute atomic E-state index is 0.708. The van der Waals surface area contributed by atoms with Crippen molar-refractivity contribution in [1.29, 1.82) is 0 Å². The summed E-state index contributed by atoms with van der Waals surface area (Å²) >= 11 is 0. The van der Waals surface area contributed by atoms with Crippen molar-refractivity contribution in [3.8, 4) is 0 Å². The van der Waals surface area contributed by atoms with Gasteiger partial charge in [0.2, 0.25) is 0 Å². The smallest absolute Gasteiger partial charge is 0.0507 e.